The summed E-state index contributed by atoms with van der Waals surface area (Å²) in [5.74, 6) is 0. The highest BCUT2D eigenvalue weighted by molar-refractivity contribution is 7.86. The van der Waals surface area contributed by atoms with Crippen molar-refractivity contribution in [2.45, 2.75) is 115 Å². The molecule has 0 aromatic heterocycles. The topological polar surface area (TPSA) is 200 Å². The molecule has 0 heterocycles. The Morgan fingerprint density at radius 2 is 0.882 bits per heavy atom. The van der Waals surface area contributed by atoms with E-state index in [1.807, 2.05) is 0 Å². The molecular weight excluding hydrogens is 480 g/mol. The minimum Gasteiger partial charge on any atom is -0.744 e. The van der Waals surface area contributed by atoms with Gasteiger partial charge >= 0.3 is 0 Å². The molecule has 1 aromatic rings. The number of hydrogen-bond donors (Lipinski definition) is 4. The summed E-state index contributed by atoms with van der Waals surface area (Å²) in [7, 11) is -9.93. The standard InChI is InChI=1S/2C8H19N.C6H8N2O6S2/c2*1-5-7(3)9-8(4)6-2;7-3-1-4(8)6(16(12,13)14)2-5(3)15(9,10)11/h2*7-9H,5-6H2,1-4H3;1-2H,7-8H2,(H,9,10,11)(H,12,13,14). The molecule has 1 aromatic carbocycles. The predicted octanol–water partition coefficient (Wildman–Crippen LogP) is 0.953. The molecule has 0 amide bonds. The molecule has 0 saturated heterocycles. The lowest BCUT2D eigenvalue weighted by atomic mass is 10.2. The molecule has 34 heavy (non-hydrogen) atoms. The van der Waals surface area contributed by atoms with Gasteiger partial charge in [-0.3, -0.25) is 0 Å². The molecule has 0 aliphatic carbocycles. The summed E-state index contributed by atoms with van der Waals surface area (Å²) in [5, 5.41) is 4.89. The summed E-state index contributed by atoms with van der Waals surface area (Å²) < 4.78 is 64.0. The summed E-state index contributed by atoms with van der Waals surface area (Å²) in [6.07, 6.45) is 5.13. The largest absolute Gasteiger partial charge is 0.744 e. The van der Waals surface area contributed by atoms with Crippen LogP contribution in [0.1, 0.15) is 81.1 Å². The van der Waals surface area contributed by atoms with Gasteiger partial charge in [-0.25, -0.2) is 16.8 Å². The number of anilines is 2. The number of benzene rings is 1. The van der Waals surface area contributed by atoms with Gasteiger partial charge in [-0.1, -0.05) is 27.7 Å². The van der Waals surface area contributed by atoms with Gasteiger partial charge in [-0.05, 0) is 65.5 Å². The van der Waals surface area contributed by atoms with Gasteiger partial charge in [0.15, 0.2) is 0 Å². The second kappa shape index (κ2) is 16.3. The molecule has 12 heteroatoms. The minimum absolute atomic E-state index is 0.356. The smallest absolute Gasteiger partial charge is 0.126 e. The zero-order valence-electron chi connectivity index (χ0n) is 21.9. The third kappa shape index (κ3) is 14.7. The van der Waals surface area contributed by atoms with Gasteiger partial charge in [0.2, 0.25) is 0 Å². The molecule has 4 unspecified atom stereocenters. The van der Waals surface area contributed by atoms with Crippen LogP contribution in [0.3, 0.4) is 0 Å². The van der Waals surface area contributed by atoms with E-state index in [-0.39, 0.29) is 0 Å². The van der Waals surface area contributed by atoms with Crippen molar-refractivity contribution in [2.24, 2.45) is 0 Å². The first-order valence-electron chi connectivity index (χ1n) is 11.7. The summed E-state index contributed by atoms with van der Waals surface area (Å²) in [6.45, 7) is 18.1. The van der Waals surface area contributed by atoms with Gasteiger partial charge in [0.05, 0.1) is 45.3 Å². The van der Waals surface area contributed by atoms with Crippen LogP contribution in [0.4, 0.5) is 11.4 Å². The van der Waals surface area contributed by atoms with E-state index < -0.39 is 41.4 Å². The van der Waals surface area contributed by atoms with Crippen molar-refractivity contribution in [3.8, 4) is 0 Å². The van der Waals surface area contributed by atoms with E-state index in [0.717, 1.165) is 30.2 Å². The number of hydrogen-bond acceptors (Lipinski definition) is 8. The van der Waals surface area contributed by atoms with E-state index in [1.54, 1.807) is 0 Å². The third-order valence-corrected chi connectivity index (χ3v) is 7.36. The SMILES string of the molecule is CCC(C)[NH2+]C(C)CC.CCC(C)[NH2+]C(C)CC.Nc1cc(N)c(S(=O)(=O)[O-])cc1S(=O)(=O)[O-]. The van der Waals surface area contributed by atoms with Crippen LogP contribution in [0.5, 0.6) is 0 Å². The monoisotopic (exact) mass is 526 g/mol. The Balaban J connectivity index is 0. The molecule has 1 rings (SSSR count). The summed E-state index contributed by atoms with van der Waals surface area (Å²) in [5.41, 5.74) is 9.30. The number of nitrogen functional groups attached to an aromatic ring is 2. The Morgan fingerprint density at radius 1 is 0.647 bits per heavy atom. The van der Waals surface area contributed by atoms with Crippen molar-refractivity contribution in [2.75, 3.05) is 11.5 Å². The van der Waals surface area contributed by atoms with E-state index in [9.17, 15) is 25.9 Å². The molecule has 0 aliphatic rings. The quantitative estimate of drug-likeness (QED) is 0.255. The fraction of sp³-hybridized carbons (Fsp3) is 0.727. The van der Waals surface area contributed by atoms with Crippen molar-refractivity contribution in [1.82, 2.24) is 0 Å². The summed E-state index contributed by atoms with van der Waals surface area (Å²) in [4.78, 5) is -1.98. The molecule has 0 radical (unpaired) electrons. The van der Waals surface area contributed by atoms with E-state index >= 15 is 0 Å². The number of rotatable bonds is 10. The maximum Gasteiger partial charge on any atom is 0.126 e. The fourth-order valence-electron chi connectivity index (χ4n) is 2.69. The van der Waals surface area contributed by atoms with Crippen molar-refractivity contribution in [3.05, 3.63) is 12.1 Å². The van der Waals surface area contributed by atoms with Crippen molar-refractivity contribution >= 4 is 31.6 Å². The zero-order chi connectivity index (χ0) is 27.3. The highest BCUT2D eigenvalue weighted by Gasteiger charge is 2.14. The Kier molecular flexibility index (Phi) is 16.6. The first-order valence-corrected chi connectivity index (χ1v) is 14.6. The molecule has 0 fully saturated rings. The maximum absolute atomic E-state index is 10.7. The Hall–Kier alpha value is -1.44. The van der Waals surface area contributed by atoms with E-state index in [4.69, 9.17) is 11.5 Å². The summed E-state index contributed by atoms with van der Waals surface area (Å²) in [6, 6.07) is 4.31. The Morgan fingerprint density at radius 3 is 1.06 bits per heavy atom. The zero-order valence-corrected chi connectivity index (χ0v) is 23.5. The predicted molar refractivity (Wildman–Crippen MR) is 134 cm³/mol. The van der Waals surface area contributed by atoms with Crippen LogP contribution in [-0.2, 0) is 20.2 Å². The van der Waals surface area contributed by atoms with Crippen LogP contribution in [0.15, 0.2) is 21.9 Å². The molecule has 4 atom stereocenters. The highest BCUT2D eigenvalue weighted by Crippen LogP contribution is 2.27. The van der Waals surface area contributed by atoms with Gasteiger partial charge in [-0.15, -0.1) is 0 Å². The second-order valence-corrected chi connectivity index (χ2v) is 11.5. The van der Waals surface area contributed by atoms with E-state index in [0.29, 0.717) is 6.07 Å². The van der Waals surface area contributed by atoms with E-state index in [1.165, 1.54) is 25.7 Å². The fourth-order valence-corrected chi connectivity index (χ4v) is 3.99. The lowest BCUT2D eigenvalue weighted by molar-refractivity contribution is -0.716. The first kappa shape index (κ1) is 34.7. The van der Waals surface area contributed by atoms with Crippen LogP contribution in [0, 0.1) is 0 Å². The molecular formula is C22H46N4O6S2. The molecule has 8 N–H and O–H groups in total. The van der Waals surface area contributed by atoms with Gasteiger partial charge in [0, 0.05) is 0 Å². The van der Waals surface area contributed by atoms with Crippen LogP contribution < -0.4 is 22.1 Å². The Bertz CT molecular complexity index is 836. The average molecular weight is 527 g/mol. The molecule has 10 nitrogen and oxygen atoms in total. The van der Waals surface area contributed by atoms with Gasteiger partial charge in [-0.2, -0.15) is 0 Å². The number of nitrogens with two attached hydrogens (primary N) is 4. The molecule has 0 aliphatic heterocycles. The number of quaternary nitrogens is 2. The molecule has 202 valence electrons. The third-order valence-electron chi connectivity index (χ3n) is 5.57. The summed E-state index contributed by atoms with van der Waals surface area (Å²) >= 11 is 0. The highest BCUT2D eigenvalue weighted by atomic mass is 32.2. The minimum atomic E-state index is -4.97. The van der Waals surface area contributed by atoms with Crippen LogP contribution in [-0.4, -0.2) is 50.1 Å². The lowest BCUT2D eigenvalue weighted by Gasteiger charge is -2.15. The van der Waals surface area contributed by atoms with Crippen molar-refractivity contribution in [1.29, 1.82) is 0 Å². The molecule has 0 bridgehead atoms. The lowest BCUT2D eigenvalue weighted by Crippen LogP contribution is -2.93. The van der Waals surface area contributed by atoms with E-state index in [2.05, 4.69) is 66.0 Å². The van der Waals surface area contributed by atoms with Crippen LogP contribution >= 0.6 is 0 Å². The Labute approximate surface area is 206 Å². The average Bonchev–Trinajstić information content (AvgIpc) is 2.72. The van der Waals surface area contributed by atoms with Gasteiger partial charge in [0.25, 0.3) is 0 Å². The van der Waals surface area contributed by atoms with Gasteiger partial charge < -0.3 is 31.2 Å². The maximum atomic E-state index is 10.7. The van der Waals surface area contributed by atoms with Crippen LogP contribution in [0.2, 0.25) is 0 Å². The van der Waals surface area contributed by atoms with Crippen molar-refractivity contribution in [3.63, 3.8) is 0 Å². The normalized spacial score (nSPS) is 15.1. The van der Waals surface area contributed by atoms with Gasteiger partial charge in [0.1, 0.15) is 20.2 Å². The van der Waals surface area contributed by atoms with Crippen molar-refractivity contribution < 1.29 is 36.6 Å². The molecule has 0 spiro atoms. The molecule has 0 saturated carbocycles. The van der Waals surface area contributed by atoms with Crippen LogP contribution in [0.25, 0.3) is 0 Å². The first-order chi connectivity index (χ1) is 15.4. The second-order valence-electron chi connectivity index (χ2n) is 8.76.